The Labute approximate surface area is 173 Å². The van der Waals surface area contributed by atoms with Gasteiger partial charge >= 0.3 is 0 Å². The Bertz CT molecular complexity index is 1310. The van der Waals surface area contributed by atoms with Crippen molar-refractivity contribution in [3.05, 3.63) is 107 Å². The van der Waals surface area contributed by atoms with Crippen molar-refractivity contribution in [2.24, 2.45) is 0 Å². The molecule has 5 aromatic rings. The van der Waals surface area contributed by atoms with Crippen molar-refractivity contribution in [2.45, 2.75) is 6.92 Å². The van der Waals surface area contributed by atoms with Crippen LogP contribution in [0.5, 0.6) is 0 Å². The quantitative estimate of drug-likeness (QED) is 0.267. The summed E-state index contributed by atoms with van der Waals surface area (Å²) in [5.74, 6) is 0. The second kappa shape index (κ2) is 6.92. The van der Waals surface area contributed by atoms with E-state index in [1.807, 2.05) is 0 Å². The molecule has 0 aliphatic carbocycles. The molecule has 0 saturated heterocycles. The highest BCUT2D eigenvalue weighted by Gasteiger charge is 2.16. The summed E-state index contributed by atoms with van der Waals surface area (Å²) < 4.78 is 1.12. The molecule has 0 bridgehead atoms. The van der Waals surface area contributed by atoms with Crippen LogP contribution < -0.4 is 0 Å². The molecule has 134 valence electrons. The van der Waals surface area contributed by atoms with Crippen molar-refractivity contribution in [1.82, 2.24) is 0 Å². The Kier molecular flexibility index (Phi) is 4.26. The predicted molar refractivity (Wildman–Crippen MR) is 125 cm³/mol. The number of fused-ring (bicyclic) bond motifs is 2. The van der Waals surface area contributed by atoms with E-state index in [0.717, 1.165) is 4.47 Å². The van der Waals surface area contributed by atoms with Crippen LogP contribution in [0, 0.1) is 6.92 Å². The Morgan fingerprint density at radius 1 is 0.536 bits per heavy atom. The number of rotatable bonds is 2. The number of hydrogen-bond acceptors (Lipinski definition) is 0. The maximum Gasteiger partial charge on any atom is 0.0260 e. The monoisotopic (exact) mass is 422 g/mol. The minimum atomic E-state index is 1.12. The molecular weight excluding hydrogens is 404 g/mol. The third-order valence-corrected chi connectivity index (χ3v) is 6.08. The summed E-state index contributed by atoms with van der Waals surface area (Å²) in [6.07, 6.45) is 0. The van der Waals surface area contributed by atoms with Crippen LogP contribution in [0.25, 0.3) is 43.8 Å². The Morgan fingerprint density at radius 3 is 1.79 bits per heavy atom. The Hall–Kier alpha value is -2.90. The maximum absolute atomic E-state index is 3.86. The molecule has 0 atom stereocenters. The zero-order valence-electron chi connectivity index (χ0n) is 15.6. The van der Waals surface area contributed by atoms with Crippen molar-refractivity contribution in [3.63, 3.8) is 0 Å². The van der Waals surface area contributed by atoms with Gasteiger partial charge in [0.15, 0.2) is 0 Å². The minimum Gasteiger partial charge on any atom is -0.0616 e. The molecule has 0 heterocycles. The van der Waals surface area contributed by atoms with Crippen LogP contribution in [-0.4, -0.2) is 0 Å². The molecule has 0 spiro atoms. The average molecular weight is 423 g/mol. The van der Waals surface area contributed by atoms with Gasteiger partial charge < -0.3 is 0 Å². The molecule has 5 rings (SSSR count). The molecule has 0 aliphatic rings. The molecule has 0 aliphatic heterocycles. The van der Waals surface area contributed by atoms with E-state index in [1.54, 1.807) is 0 Å². The van der Waals surface area contributed by atoms with E-state index in [-0.39, 0.29) is 0 Å². The fraction of sp³-hybridized carbons (Fsp3) is 0.0370. The summed E-state index contributed by atoms with van der Waals surface area (Å²) in [5, 5.41) is 5.05. The largest absolute Gasteiger partial charge is 0.0616 e. The van der Waals surface area contributed by atoms with E-state index < -0.39 is 0 Å². The summed E-state index contributed by atoms with van der Waals surface area (Å²) in [4.78, 5) is 0. The SMILES string of the molecule is Cc1ccc(-c2ccc3ccccc3c2-c2c(Br)ccc3ccccc23)cc1. The zero-order chi connectivity index (χ0) is 19.1. The van der Waals surface area contributed by atoms with Crippen LogP contribution in [0.15, 0.2) is 102 Å². The first-order valence-electron chi connectivity index (χ1n) is 9.49. The van der Waals surface area contributed by atoms with Crippen molar-refractivity contribution in [3.8, 4) is 22.3 Å². The molecule has 28 heavy (non-hydrogen) atoms. The van der Waals surface area contributed by atoms with Gasteiger partial charge in [0.05, 0.1) is 0 Å². The smallest absolute Gasteiger partial charge is 0.0260 e. The summed E-state index contributed by atoms with van der Waals surface area (Å²) in [6, 6.07) is 34.9. The lowest BCUT2D eigenvalue weighted by Crippen LogP contribution is -1.91. The van der Waals surface area contributed by atoms with Gasteiger partial charge in [-0.1, -0.05) is 112 Å². The number of hydrogen-bond donors (Lipinski definition) is 0. The van der Waals surface area contributed by atoms with Crippen LogP contribution in [0.1, 0.15) is 5.56 Å². The highest BCUT2D eigenvalue weighted by atomic mass is 79.9. The van der Waals surface area contributed by atoms with Crippen LogP contribution in [0.3, 0.4) is 0 Å². The van der Waals surface area contributed by atoms with Gasteiger partial charge in [0.1, 0.15) is 0 Å². The van der Waals surface area contributed by atoms with Gasteiger partial charge in [-0.2, -0.15) is 0 Å². The molecule has 0 radical (unpaired) electrons. The average Bonchev–Trinajstić information content (AvgIpc) is 2.74. The van der Waals surface area contributed by atoms with E-state index >= 15 is 0 Å². The van der Waals surface area contributed by atoms with Crippen molar-refractivity contribution in [2.75, 3.05) is 0 Å². The maximum atomic E-state index is 3.86. The second-order valence-electron chi connectivity index (χ2n) is 7.22. The molecule has 0 fully saturated rings. The van der Waals surface area contributed by atoms with Crippen LogP contribution >= 0.6 is 15.9 Å². The minimum absolute atomic E-state index is 1.12. The van der Waals surface area contributed by atoms with Gasteiger partial charge in [0, 0.05) is 10.0 Å². The molecule has 0 N–H and O–H groups in total. The second-order valence-corrected chi connectivity index (χ2v) is 8.07. The van der Waals surface area contributed by atoms with Gasteiger partial charge in [0.2, 0.25) is 0 Å². The van der Waals surface area contributed by atoms with Gasteiger partial charge in [-0.05, 0) is 51.2 Å². The molecule has 0 aromatic heterocycles. The first-order valence-corrected chi connectivity index (χ1v) is 10.3. The summed E-state index contributed by atoms with van der Waals surface area (Å²) in [5.41, 5.74) is 6.32. The fourth-order valence-corrected chi connectivity index (χ4v) is 4.56. The normalized spacial score (nSPS) is 11.2. The number of halogens is 1. The first-order chi connectivity index (χ1) is 13.7. The van der Waals surface area contributed by atoms with Crippen LogP contribution in [-0.2, 0) is 0 Å². The van der Waals surface area contributed by atoms with Crippen molar-refractivity contribution >= 4 is 37.5 Å². The lowest BCUT2D eigenvalue weighted by atomic mass is 9.87. The standard InChI is InChI=1S/C27H19Br/c1-18-10-12-21(13-11-18)24-16-14-19-6-2-4-8-22(19)26(24)27-23-9-5-3-7-20(23)15-17-25(27)28/h2-17H,1H3. The molecule has 0 saturated carbocycles. The van der Waals surface area contributed by atoms with Crippen LogP contribution in [0.2, 0.25) is 0 Å². The predicted octanol–water partition coefficient (Wildman–Crippen LogP) is 8.40. The van der Waals surface area contributed by atoms with E-state index in [4.69, 9.17) is 0 Å². The van der Waals surface area contributed by atoms with E-state index in [0.29, 0.717) is 0 Å². The molecule has 0 amide bonds. The lowest BCUT2D eigenvalue weighted by molar-refractivity contribution is 1.47. The van der Waals surface area contributed by atoms with Gasteiger partial charge in [-0.3, -0.25) is 0 Å². The topological polar surface area (TPSA) is 0 Å². The van der Waals surface area contributed by atoms with Crippen LogP contribution in [0.4, 0.5) is 0 Å². The Morgan fingerprint density at radius 2 is 1.11 bits per heavy atom. The molecule has 1 heteroatoms. The first kappa shape index (κ1) is 17.2. The summed E-state index contributed by atoms with van der Waals surface area (Å²) in [7, 11) is 0. The van der Waals surface area contributed by atoms with Gasteiger partial charge in [0.25, 0.3) is 0 Å². The number of benzene rings is 5. The molecule has 0 nitrogen and oxygen atoms in total. The third-order valence-electron chi connectivity index (χ3n) is 5.42. The number of aryl methyl sites for hydroxylation is 1. The Balaban J connectivity index is 1.95. The fourth-order valence-electron chi connectivity index (χ4n) is 4.01. The summed E-state index contributed by atoms with van der Waals surface area (Å²) >= 11 is 3.86. The van der Waals surface area contributed by atoms with Gasteiger partial charge in [-0.15, -0.1) is 0 Å². The molecular formula is C27H19Br. The van der Waals surface area contributed by atoms with E-state index in [2.05, 4.69) is 120 Å². The molecule has 0 unspecified atom stereocenters. The highest BCUT2D eigenvalue weighted by molar-refractivity contribution is 9.10. The van der Waals surface area contributed by atoms with Gasteiger partial charge in [-0.25, -0.2) is 0 Å². The summed E-state index contributed by atoms with van der Waals surface area (Å²) in [6.45, 7) is 2.13. The zero-order valence-corrected chi connectivity index (χ0v) is 17.2. The molecule has 5 aromatic carbocycles. The highest BCUT2D eigenvalue weighted by Crippen LogP contribution is 2.44. The van der Waals surface area contributed by atoms with Crippen molar-refractivity contribution < 1.29 is 0 Å². The lowest BCUT2D eigenvalue weighted by Gasteiger charge is -2.18. The third kappa shape index (κ3) is 2.83. The van der Waals surface area contributed by atoms with Crippen molar-refractivity contribution in [1.29, 1.82) is 0 Å². The van der Waals surface area contributed by atoms with E-state index in [9.17, 15) is 0 Å². The van der Waals surface area contributed by atoms with E-state index in [1.165, 1.54) is 49.4 Å².